The van der Waals surface area contributed by atoms with E-state index in [1.807, 2.05) is 0 Å². The quantitative estimate of drug-likeness (QED) is 0.619. The molecule has 0 spiro atoms. The number of benzene rings is 1. The van der Waals surface area contributed by atoms with E-state index in [1.165, 1.54) is 6.92 Å². The lowest BCUT2D eigenvalue weighted by molar-refractivity contribution is 0.114. The summed E-state index contributed by atoms with van der Waals surface area (Å²) in [6, 6.07) is 2.95. The first-order valence-electron chi connectivity index (χ1n) is 5.22. The van der Waals surface area contributed by atoms with Crippen molar-refractivity contribution < 1.29 is 26.1 Å². The van der Waals surface area contributed by atoms with Crippen molar-refractivity contribution in [3.63, 3.8) is 0 Å². The molecule has 0 unspecified atom stereocenters. The molecule has 0 N–H and O–H groups in total. The molecule has 0 radical (unpaired) electrons. The zero-order chi connectivity index (χ0) is 13.6. The van der Waals surface area contributed by atoms with Crippen molar-refractivity contribution in [2.45, 2.75) is 18.6 Å². The lowest BCUT2D eigenvalue weighted by Gasteiger charge is -2.20. The van der Waals surface area contributed by atoms with E-state index in [-0.39, 0.29) is 12.2 Å². The second kappa shape index (κ2) is 4.25. The van der Waals surface area contributed by atoms with Crippen LogP contribution >= 0.6 is 0 Å². The number of epoxide rings is 1. The Morgan fingerprint density at radius 3 is 2.56 bits per heavy atom. The molecule has 4 nitrogen and oxygen atoms in total. The van der Waals surface area contributed by atoms with Crippen LogP contribution in [0.5, 0.6) is 0 Å². The third-order valence-corrected chi connectivity index (χ3v) is 3.45. The maximum atomic E-state index is 13.6. The minimum atomic E-state index is -3.69. The molecule has 1 aromatic carbocycles. The van der Waals surface area contributed by atoms with Crippen LogP contribution in [0.2, 0.25) is 0 Å². The second-order valence-electron chi connectivity index (χ2n) is 4.24. The normalized spacial score (nSPS) is 24.9. The molecule has 1 aliphatic heterocycles. The first-order chi connectivity index (χ1) is 8.24. The zero-order valence-corrected chi connectivity index (χ0v) is 10.6. The molecule has 18 heavy (non-hydrogen) atoms. The fourth-order valence-corrected chi connectivity index (χ4v) is 2.53. The molecule has 1 fully saturated rings. The number of hydrogen-bond donors (Lipinski definition) is 0. The standard InChI is InChI=1S/C11H12F2O4S/c1-7(17-18(2,14)15)11(6-16-11)9-5-8(12)3-4-10(9)13/h3-5,7H,6H2,1-2H3/t7-,11-/m1/s1. The molecule has 0 bridgehead atoms. The number of rotatable bonds is 4. The Morgan fingerprint density at radius 1 is 1.44 bits per heavy atom. The van der Waals surface area contributed by atoms with Crippen LogP contribution in [0.25, 0.3) is 0 Å². The predicted molar refractivity (Wildman–Crippen MR) is 59.4 cm³/mol. The Hall–Kier alpha value is -1.05. The smallest absolute Gasteiger partial charge is 0.264 e. The van der Waals surface area contributed by atoms with Crippen LogP contribution in [0.4, 0.5) is 8.78 Å². The van der Waals surface area contributed by atoms with Gasteiger partial charge in [0.15, 0.2) is 0 Å². The highest BCUT2D eigenvalue weighted by Gasteiger charge is 2.54. The van der Waals surface area contributed by atoms with Gasteiger partial charge in [-0.2, -0.15) is 8.42 Å². The molecular formula is C11H12F2O4S. The van der Waals surface area contributed by atoms with Gasteiger partial charge >= 0.3 is 0 Å². The van der Waals surface area contributed by atoms with E-state index >= 15 is 0 Å². The van der Waals surface area contributed by atoms with Crippen molar-refractivity contribution in [3.8, 4) is 0 Å². The van der Waals surface area contributed by atoms with Gasteiger partial charge in [0.1, 0.15) is 23.3 Å². The van der Waals surface area contributed by atoms with E-state index in [0.29, 0.717) is 0 Å². The van der Waals surface area contributed by atoms with Crippen molar-refractivity contribution >= 4 is 10.1 Å². The molecule has 1 saturated heterocycles. The van der Waals surface area contributed by atoms with Crippen molar-refractivity contribution in [1.82, 2.24) is 0 Å². The SMILES string of the molecule is C[C@@H](OS(C)(=O)=O)[C@@]1(c2cc(F)ccc2F)CO1. The van der Waals surface area contributed by atoms with Crippen LogP contribution in [0.1, 0.15) is 12.5 Å². The monoisotopic (exact) mass is 278 g/mol. The molecule has 0 amide bonds. The minimum absolute atomic E-state index is 0.0290. The number of hydrogen-bond acceptors (Lipinski definition) is 4. The number of ether oxygens (including phenoxy) is 1. The van der Waals surface area contributed by atoms with Crippen LogP contribution in [-0.4, -0.2) is 27.4 Å². The summed E-state index contributed by atoms with van der Waals surface area (Å²) in [6.07, 6.45) is -0.0366. The van der Waals surface area contributed by atoms with Crippen LogP contribution in [0.15, 0.2) is 18.2 Å². The summed E-state index contributed by atoms with van der Waals surface area (Å²) in [5, 5.41) is 0. The summed E-state index contributed by atoms with van der Waals surface area (Å²) < 4.78 is 58.8. The van der Waals surface area contributed by atoms with Crippen molar-refractivity contribution in [1.29, 1.82) is 0 Å². The van der Waals surface area contributed by atoms with E-state index in [1.54, 1.807) is 0 Å². The van der Waals surface area contributed by atoms with Gasteiger partial charge in [0.2, 0.25) is 0 Å². The summed E-state index contributed by atoms with van der Waals surface area (Å²) in [4.78, 5) is 0. The molecule has 100 valence electrons. The highest BCUT2D eigenvalue weighted by atomic mass is 32.2. The van der Waals surface area contributed by atoms with Gasteiger partial charge < -0.3 is 4.74 Å². The molecule has 2 rings (SSSR count). The van der Waals surface area contributed by atoms with Gasteiger partial charge in [-0.3, -0.25) is 4.18 Å². The van der Waals surface area contributed by atoms with Crippen molar-refractivity contribution in [2.24, 2.45) is 0 Å². The molecule has 0 aliphatic carbocycles. The Kier molecular flexibility index (Phi) is 3.16. The lowest BCUT2D eigenvalue weighted by Crippen LogP contribution is -2.30. The van der Waals surface area contributed by atoms with E-state index < -0.39 is 33.5 Å². The third kappa shape index (κ3) is 2.52. The largest absolute Gasteiger partial charge is 0.361 e. The molecule has 1 aromatic rings. The van der Waals surface area contributed by atoms with Crippen molar-refractivity contribution in [3.05, 3.63) is 35.4 Å². The first kappa shape index (κ1) is 13.4. The molecule has 7 heteroatoms. The minimum Gasteiger partial charge on any atom is -0.361 e. The first-order valence-corrected chi connectivity index (χ1v) is 7.04. The van der Waals surface area contributed by atoms with Gasteiger partial charge in [-0.05, 0) is 25.1 Å². The third-order valence-electron chi connectivity index (χ3n) is 2.82. The maximum absolute atomic E-state index is 13.6. The predicted octanol–water partition coefficient (Wildman–Crippen LogP) is 1.56. The molecule has 0 aromatic heterocycles. The van der Waals surface area contributed by atoms with Crippen LogP contribution in [0, 0.1) is 11.6 Å². The van der Waals surface area contributed by atoms with Crippen LogP contribution < -0.4 is 0 Å². The summed E-state index contributed by atoms with van der Waals surface area (Å²) in [6.45, 7) is 1.53. The number of halogens is 2. The Bertz CT molecular complexity index is 566. The molecule has 1 aliphatic rings. The van der Waals surface area contributed by atoms with Crippen LogP contribution in [-0.2, 0) is 24.6 Å². The zero-order valence-electron chi connectivity index (χ0n) is 9.81. The summed E-state index contributed by atoms with van der Waals surface area (Å²) in [5.41, 5.74) is -1.26. The average Bonchev–Trinajstić information content (AvgIpc) is 3.00. The van der Waals surface area contributed by atoms with Gasteiger partial charge in [0.05, 0.1) is 12.9 Å². The molecule has 2 atom stereocenters. The fraction of sp³-hybridized carbons (Fsp3) is 0.455. The van der Waals surface area contributed by atoms with Gasteiger partial charge in [-0.15, -0.1) is 0 Å². The topological polar surface area (TPSA) is 55.9 Å². The Morgan fingerprint density at radius 2 is 2.06 bits per heavy atom. The fourth-order valence-electron chi connectivity index (χ4n) is 1.85. The summed E-state index contributed by atoms with van der Waals surface area (Å²) in [5.74, 6) is -1.27. The highest BCUT2D eigenvalue weighted by molar-refractivity contribution is 7.86. The molecule has 0 saturated carbocycles. The summed E-state index contributed by atoms with van der Waals surface area (Å²) in [7, 11) is -3.69. The van der Waals surface area contributed by atoms with Gasteiger partial charge in [-0.25, -0.2) is 8.78 Å². The second-order valence-corrected chi connectivity index (χ2v) is 5.85. The average molecular weight is 278 g/mol. The van der Waals surface area contributed by atoms with E-state index in [0.717, 1.165) is 24.5 Å². The maximum Gasteiger partial charge on any atom is 0.264 e. The van der Waals surface area contributed by atoms with Gasteiger partial charge in [0.25, 0.3) is 10.1 Å². The van der Waals surface area contributed by atoms with Crippen LogP contribution in [0.3, 0.4) is 0 Å². The van der Waals surface area contributed by atoms with Gasteiger partial charge in [0, 0.05) is 5.56 Å². The van der Waals surface area contributed by atoms with Crippen molar-refractivity contribution in [2.75, 3.05) is 12.9 Å². The molecular weight excluding hydrogens is 266 g/mol. The Balaban J connectivity index is 2.34. The lowest BCUT2D eigenvalue weighted by atomic mass is 9.94. The van der Waals surface area contributed by atoms with E-state index in [4.69, 9.17) is 8.92 Å². The summed E-state index contributed by atoms with van der Waals surface area (Å²) >= 11 is 0. The molecule has 1 heterocycles. The van der Waals surface area contributed by atoms with Gasteiger partial charge in [-0.1, -0.05) is 0 Å². The highest BCUT2D eigenvalue weighted by Crippen LogP contribution is 2.44. The Labute approximate surface area is 104 Å². The van der Waals surface area contributed by atoms with E-state index in [9.17, 15) is 17.2 Å². The van der Waals surface area contributed by atoms with E-state index in [2.05, 4.69) is 0 Å².